The molecule has 2 heterocycles. The summed E-state index contributed by atoms with van der Waals surface area (Å²) in [6.45, 7) is 4.89. The molecule has 26 heavy (non-hydrogen) atoms. The molecule has 1 N–H and O–H groups in total. The van der Waals surface area contributed by atoms with Gasteiger partial charge in [-0.2, -0.15) is 5.10 Å². The summed E-state index contributed by atoms with van der Waals surface area (Å²) >= 11 is 1.63. The van der Waals surface area contributed by atoms with Crippen molar-refractivity contribution in [2.24, 2.45) is 0 Å². The Morgan fingerprint density at radius 3 is 2.77 bits per heavy atom. The van der Waals surface area contributed by atoms with Gasteiger partial charge in [-0.1, -0.05) is 18.2 Å². The third-order valence-electron chi connectivity index (χ3n) is 3.81. The molecule has 3 rings (SSSR count). The van der Waals surface area contributed by atoms with Gasteiger partial charge in [0.15, 0.2) is 0 Å². The Morgan fingerprint density at radius 1 is 1.23 bits per heavy atom. The number of hydrogen-bond donors (Lipinski definition) is 1. The summed E-state index contributed by atoms with van der Waals surface area (Å²) in [7, 11) is -3.65. The summed E-state index contributed by atoms with van der Waals surface area (Å²) in [5, 5.41) is 6.57. The van der Waals surface area contributed by atoms with E-state index in [0.29, 0.717) is 18.9 Å². The molecule has 0 atom stereocenters. The van der Waals surface area contributed by atoms with Crippen LogP contribution in [0.25, 0.3) is 10.6 Å². The van der Waals surface area contributed by atoms with E-state index in [1.807, 2.05) is 42.1 Å². The Balaban J connectivity index is 1.68. The van der Waals surface area contributed by atoms with Crippen LogP contribution < -0.4 is 9.46 Å². The van der Waals surface area contributed by atoms with Crippen molar-refractivity contribution in [1.82, 2.24) is 14.5 Å². The fourth-order valence-electron chi connectivity index (χ4n) is 2.59. The predicted molar refractivity (Wildman–Crippen MR) is 103 cm³/mol. The first-order chi connectivity index (χ1) is 12.5. The maximum Gasteiger partial charge on any atom is 0.244 e. The number of aryl methyl sites for hydroxylation is 1. The molecule has 0 radical (unpaired) electrons. The van der Waals surface area contributed by atoms with Crippen LogP contribution >= 0.6 is 11.3 Å². The Hall–Kier alpha value is -2.16. The normalized spacial score (nSPS) is 11.6. The van der Waals surface area contributed by atoms with Gasteiger partial charge in [0.05, 0.1) is 18.0 Å². The maximum absolute atomic E-state index is 12.6. The van der Waals surface area contributed by atoms with Crippen molar-refractivity contribution in [3.05, 3.63) is 53.5 Å². The minimum atomic E-state index is -3.65. The van der Waals surface area contributed by atoms with Gasteiger partial charge >= 0.3 is 0 Å². The molecule has 8 heteroatoms. The summed E-state index contributed by atoms with van der Waals surface area (Å²) < 4.78 is 35.0. The topological polar surface area (TPSA) is 73.2 Å². The molecule has 0 fully saturated rings. The van der Waals surface area contributed by atoms with Crippen LogP contribution in [0.1, 0.15) is 12.6 Å². The van der Waals surface area contributed by atoms with Crippen molar-refractivity contribution in [2.75, 3.05) is 13.2 Å². The second-order valence-corrected chi connectivity index (χ2v) is 8.33. The lowest BCUT2D eigenvalue weighted by molar-refractivity contribution is 0.331. The van der Waals surface area contributed by atoms with Crippen LogP contribution in [0, 0.1) is 6.92 Å². The lowest BCUT2D eigenvalue weighted by atomic mass is 10.3. The number of sulfonamides is 1. The van der Waals surface area contributed by atoms with Gasteiger partial charge in [0.25, 0.3) is 0 Å². The van der Waals surface area contributed by atoms with E-state index in [1.165, 1.54) is 0 Å². The Bertz CT molecular complexity index is 963. The lowest BCUT2D eigenvalue weighted by Crippen LogP contribution is -2.28. The minimum Gasteiger partial charge on any atom is -0.492 e. The SMILES string of the molecule is CCOc1ccccc1S(=O)(=O)NCCn1nc(-c2cccs2)cc1C. The minimum absolute atomic E-state index is 0.151. The van der Waals surface area contributed by atoms with Gasteiger partial charge in [-0.25, -0.2) is 13.1 Å². The van der Waals surface area contributed by atoms with Gasteiger partial charge in [0.2, 0.25) is 10.0 Å². The smallest absolute Gasteiger partial charge is 0.244 e. The van der Waals surface area contributed by atoms with Crippen LogP contribution in [0.5, 0.6) is 5.75 Å². The van der Waals surface area contributed by atoms with Crippen molar-refractivity contribution >= 4 is 21.4 Å². The number of ether oxygens (including phenoxy) is 1. The Labute approximate surface area is 157 Å². The van der Waals surface area contributed by atoms with Crippen molar-refractivity contribution in [3.8, 4) is 16.3 Å². The van der Waals surface area contributed by atoms with Gasteiger partial charge in [0.1, 0.15) is 16.3 Å². The fourth-order valence-corrected chi connectivity index (χ4v) is 4.44. The molecule has 6 nitrogen and oxygen atoms in total. The first-order valence-electron chi connectivity index (χ1n) is 8.31. The average Bonchev–Trinajstić information content (AvgIpc) is 3.26. The van der Waals surface area contributed by atoms with Gasteiger partial charge in [-0.15, -0.1) is 11.3 Å². The zero-order valence-electron chi connectivity index (χ0n) is 14.7. The second-order valence-electron chi connectivity index (χ2n) is 5.65. The number of hydrogen-bond acceptors (Lipinski definition) is 5. The molecule has 0 bridgehead atoms. The summed E-state index contributed by atoms with van der Waals surface area (Å²) in [5.41, 5.74) is 1.89. The van der Waals surface area contributed by atoms with Gasteiger partial charge < -0.3 is 4.74 Å². The summed E-state index contributed by atoms with van der Waals surface area (Å²) in [5.74, 6) is 0.359. The van der Waals surface area contributed by atoms with E-state index in [9.17, 15) is 8.42 Å². The number of nitrogens with one attached hydrogen (secondary N) is 1. The Kier molecular flexibility index (Phi) is 5.75. The number of benzene rings is 1. The molecule has 0 amide bonds. The zero-order chi connectivity index (χ0) is 18.6. The first-order valence-corrected chi connectivity index (χ1v) is 10.7. The average molecular weight is 392 g/mol. The van der Waals surface area contributed by atoms with E-state index in [4.69, 9.17) is 4.74 Å². The van der Waals surface area contributed by atoms with Crippen LogP contribution in [0.15, 0.2) is 52.7 Å². The van der Waals surface area contributed by atoms with Crippen molar-refractivity contribution in [2.45, 2.75) is 25.3 Å². The number of thiophene rings is 1. The molecule has 0 unspecified atom stereocenters. The first kappa shape index (κ1) is 18.6. The fraction of sp³-hybridized carbons (Fsp3) is 0.278. The van der Waals surface area contributed by atoms with Crippen molar-refractivity contribution < 1.29 is 13.2 Å². The number of rotatable bonds is 8. The molecule has 138 valence electrons. The highest BCUT2D eigenvalue weighted by Crippen LogP contribution is 2.24. The third kappa shape index (κ3) is 4.14. The van der Waals surface area contributed by atoms with Crippen molar-refractivity contribution in [3.63, 3.8) is 0 Å². The molecular formula is C18H21N3O3S2. The molecule has 0 spiro atoms. The monoisotopic (exact) mass is 391 g/mol. The number of aromatic nitrogens is 2. The highest BCUT2D eigenvalue weighted by molar-refractivity contribution is 7.89. The summed E-state index contributed by atoms with van der Waals surface area (Å²) in [6, 6.07) is 12.6. The second kappa shape index (κ2) is 8.03. The zero-order valence-corrected chi connectivity index (χ0v) is 16.3. The molecule has 3 aromatic rings. The van der Waals surface area contributed by atoms with E-state index in [2.05, 4.69) is 9.82 Å². The lowest BCUT2D eigenvalue weighted by Gasteiger charge is -2.12. The van der Waals surface area contributed by atoms with Gasteiger partial charge in [0, 0.05) is 12.2 Å². The van der Waals surface area contributed by atoms with Crippen LogP contribution in [0.2, 0.25) is 0 Å². The van der Waals surface area contributed by atoms with Gasteiger partial charge in [-0.3, -0.25) is 4.68 Å². The van der Waals surface area contributed by atoms with E-state index in [-0.39, 0.29) is 11.4 Å². The molecule has 0 aliphatic rings. The molecule has 0 aliphatic carbocycles. The van der Waals surface area contributed by atoms with Crippen LogP contribution in [0.3, 0.4) is 0 Å². The number of para-hydroxylation sites is 1. The van der Waals surface area contributed by atoms with Crippen LogP contribution in [-0.4, -0.2) is 31.3 Å². The highest BCUT2D eigenvalue weighted by Gasteiger charge is 2.19. The van der Waals surface area contributed by atoms with Gasteiger partial charge in [-0.05, 0) is 43.5 Å². The standard InChI is InChI=1S/C18H21N3O3S2/c1-3-24-16-7-4-5-9-18(16)26(22,23)19-10-11-21-14(2)13-15(20-21)17-8-6-12-25-17/h4-9,12-13,19H,3,10-11H2,1-2H3. The number of nitrogens with zero attached hydrogens (tertiary/aromatic N) is 2. The molecule has 0 saturated carbocycles. The maximum atomic E-state index is 12.6. The quantitative estimate of drug-likeness (QED) is 0.639. The summed E-state index contributed by atoms with van der Waals surface area (Å²) in [6.07, 6.45) is 0. The predicted octanol–water partition coefficient (Wildman–Crippen LogP) is 3.30. The molecule has 0 aliphatic heterocycles. The molecule has 0 saturated heterocycles. The van der Waals surface area contributed by atoms with Crippen LogP contribution in [0.4, 0.5) is 0 Å². The van der Waals surface area contributed by atoms with Crippen LogP contribution in [-0.2, 0) is 16.6 Å². The molecular weight excluding hydrogens is 370 g/mol. The largest absolute Gasteiger partial charge is 0.492 e. The highest BCUT2D eigenvalue weighted by atomic mass is 32.2. The van der Waals surface area contributed by atoms with E-state index >= 15 is 0 Å². The molecule has 2 aromatic heterocycles. The van der Waals surface area contributed by atoms with E-state index < -0.39 is 10.0 Å². The molecule has 1 aromatic carbocycles. The van der Waals surface area contributed by atoms with E-state index in [1.54, 1.807) is 35.6 Å². The summed E-state index contributed by atoms with van der Waals surface area (Å²) in [4.78, 5) is 1.25. The Morgan fingerprint density at radius 2 is 2.04 bits per heavy atom. The van der Waals surface area contributed by atoms with Crippen molar-refractivity contribution in [1.29, 1.82) is 0 Å². The third-order valence-corrected chi connectivity index (χ3v) is 6.20. The van der Waals surface area contributed by atoms with E-state index in [0.717, 1.165) is 16.3 Å².